The highest BCUT2D eigenvalue weighted by molar-refractivity contribution is 7.85. The Balaban J connectivity index is 0.000000213. The Morgan fingerprint density at radius 3 is 1.97 bits per heavy atom. The van der Waals surface area contributed by atoms with Crippen molar-refractivity contribution in [2.75, 3.05) is 24.8 Å². The summed E-state index contributed by atoms with van der Waals surface area (Å²) in [6.07, 6.45) is 0. The molecule has 0 bridgehead atoms. The van der Waals surface area contributed by atoms with Crippen LogP contribution >= 0.6 is 0 Å². The zero-order valence-corrected chi connectivity index (χ0v) is 21.7. The number of nitrogens with two attached hydrogens (primary N) is 1. The lowest BCUT2D eigenvalue weighted by Crippen LogP contribution is -2.48. The second kappa shape index (κ2) is 11.7. The minimum atomic E-state index is -4.43. The van der Waals surface area contributed by atoms with E-state index in [1.165, 1.54) is 35.0 Å². The predicted octanol–water partition coefficient (Wildman–Crippen LogP) is 3.76. The molecule has 0 aliphatic rings. The molecule has 1 aromatic heterocycles. The van der Waals surface area contributed by atoms with E-state index in [-0.39, 0.29) is 10.7 Å². The summed E-state index contributed by atoms with van der Waals surface area (Å²) < 4.78 is 49.0. The Hall–Kier alpha value is -4.16. The Kier molecular flexibility index (Phi) is 8.69. The van der Waals surface area contributed by atoms with Crippen molar-refractivity contribution in [3.05, 3.63) is 95.8 Å². The average molecular weight is 526 g/mol. The van der Waals surface area contributed by atoms with Gasteiger partial charge in [0.15, 0.2) is 0 Å². The van der Waals surface area contributed by atoms with Gasteiger partial charge in [0, 0.05) is 44.3 Å². The number of anilines is 1. The SMILES string of the molecule is CN(C)c1ccc(N=Nc2ccc(S(=O)(=O)[O-])cc2)cc1.Cc1nn(Cc2ccccc2F)c(C)[n+]1N. The molecule has 4 aromatic rings. The molecule has 10 nitrogen and oxygen atoms in total. The summed E-state index contributed by atoms with van der Waals surface area (Å²) in [6, 6.07) is 19.4. The van der Waals surface area contributed by atoms with Gasteiger partial charge in [0.1, 0.15) is 22.5 Å². The number of nitrogens with zero attached hydrogens (tertiary/aromatic N) is 6. The van der Waals surface area contributed by atoms with Crippen LogP contribution in [0.4, 0.5) is 21.5 Å². The van der Waals surface area contributed by atoms with Gasteiger partial charge in [-0.25, -0.2) is 12.8 Å². The molecule has 0 spiro atoms. The third kappa shape index (κ3) is 7.41. The molecular formula is C25H28FN7O3S. The Bertz CT molecular complexity index is 1480. The summed E-state index contributed by atoms with van der Waals surface area (Å²) in [5, 5.41) is 12.3. The summed E-state index contributed by atoms with van der Waals surface area (Å²) in [5.41, 5.74) is 2.81. The molecule has 0 fully saturated rings. The second-order valence-electron chi connectivity index (χ2n) is 8.27. The number of azo groups is 1. The lowest BCUT2D eigenvalue weighted by molar-refractivity contribution is -0.652. The molecule has 0 unspecified atom stereocenters. The van der Waals surface area contributed by atoms with E-state index >= 15 is 0 Å². The van der Waals surface area contributed by atoms with Gasteiger partial charge in [0.2, 0.25) is 0 Å². The van der Waals surface area contributed by atoms with Gasteiger partial charge >= 0.3 is 0 Å². The predicted molar refractivity (Wildman–Crippen MR) is 137 cm³/mol. The van der Waals surface area contributed by atoms with Crippen LogP contribution in [0.5, 0.6) is 0 Å². The van der Waals surface area contributed by atoms with Gasteiger partial charge in [0.05, 0.1) is 16.3 Å². The third-order valence-electron chi connectivity index (χ3n) is 5.39. The molecule has 0 atom stereocenters. The highest BCUT2D eigenvalue weighted by atomic mass is 32.2. The molecule has 0 aliphatic carbocycles. The number of benzene rings is 3. The van der Waals surface area contributed by atoms with E-state index in [0.717, 1.165) is 11.5 Å². The van der Waals surface area contributed by atoms with Crippen LogP contribution in [-0.2, 0) is 16.7 Å². The highest BCUT2D eigenvalue weighted by Crippen LogP contribution is 2.22. The summed E-state index contributed by atoms with van der Waals surface area (Å²) in [5.74, 6) is 7.01. The second-order valence-corrected chi connectivity index (χ2v) is 9.65. The molecule has 0 amide bonds. The van der Waals surface area contributed by atoms with E-state index in [0.29, 0.717) is 29.3 Å². The van der Waals surface area contributed by atoms with Crippen molar-refractivity contribution < 1.29 is 22.0 Å². The van der Waals surface area contributed by atoms with Gasteiger partial charge < -0.3 is 9.45 Å². The van der Waals surface area contributed by atoms with Crippen molar-refractivity contribution in [1.82, 2.24) is 9.78 Å². The standard InChI is InChI=1S/C14H15N3O3S.C11H14FN4/c1-17(2)13-7-3-11(4-8-13)15-16-12-5-9-14(10-6-12)21(18,19)20;1-8-14-15(9(2)16(8)13)7-10-5-3-4-6-11(10)12/h3-10H,1-2H3,(H,18,19,20);3-6H,7,13H2,1-2H3/q;+1/p-1. The number of nitrogen functional groups attached to an aromatic ring is 1. The molecule has 12 heteroatoms. The van der Waals surface area contributed by atoms with E-state index < -0.39 is 10.1 Å². The summed E-state index contributed by atoms with van der Waals surface area (Å²) in [4.78, 5) is 1.69. The number of aryl methyl sites for hydroxylation is 1. The van der Waals surface area contributed by atoms with E-state index in [2.05, 4.69) is 15.3 Å². The molecule has 37 heavy (non-hydrogen) atoms. The lowest BCUT2D eigenvalue weighted by Gasteiger charge is -2.11. The number of rotatable bonds is 6. The minimum Gasteiger partial charge on any atom is -0.744 e. The summed E-state index contributed by atoms with van der Waals surface area (Å²) in [7, 11) is -0.533. The van der Waals surface area contributed by atoms with E-state index in [4.69, 9.17) is 5.84 Å². The zero-order chi connectivity index (χ0) is 27.2. The normalized spacial score (nSPS) is 11.3. The largest absolute Gasteiger partial charge is 0.744 e. The fourth-order valence-electron chi connectivity index (χ4n) is 3.20. The van der Waals surface area contributed by atoms with Crippen LogP contribution in [0.25, 0.3) is 0 Å². The molecule has 2 N–H and O–H groups in total. The van der Waals surface area contributed by atoms with Crippen LogP contribution in [0.2, 0.25) is 0 Å². The van der Waals surface area contributed by atoms with Gasteiger partial charge in [-0.05, 0) is 54.6 Å². The van der Waals surface area contributed by atoms with Crippen LogP contribution in [0.15, 0.2) is 87.9 Å². The monoisotopic (exact) mass is 525 g/mol. The molecular weight excluding hydrogens is 497 g/mol. The van der Waals surface area contributed by atoms with E-state index in [1.54, 1.807) is 22.9 Å². The summed E-state index contributed by atoms with van der Waals surface area (Å²) >= 11 is 0. The molecule has 1 heterocycles. The molecule has 0 saturated heterocycles. The maximum atomic E-state index is 13.4. The van der Waals surface area contributed by atoms with Gasteiger partial charge in [-0.15, -0.1) is 9.36 Å². The van der Waals surface area contributed by atoms with Crippen LogP contribution in [0.3, 0.4) is 0 Å². The quantitative estimate of drug-likeness (QED) is 0.176. The van der Waals surface area contributed by atoms with Gasteiger partial charge in [-0.2, -0.15) is 10.2 Å². The maximum absolute atomic E-state index is 13.4. The van der Waals surface area contributed by atoms with Crippen molar-refractivity contribution in [2.45, 2.75) is 25.3 Å². The average Bonchev–Trinajstić information content (AvgIpc) is 3.11. The van der Waals surface area contributed by atoms with Gasteiger partial charge in [-0.1, -0.05) is 18.2 Å². The number of halogens is 1. The molecule has 4 rings (SSSR count). The summed E-state index contributed by atoms with van der Waals surface area (Å²) in [6.45, 7) is 4.05. The molecule has 194 valence electrons. The minimum absolute atomic E-state index is 0.223. The van der Waals surface area contributed by atoms with E-state index in [9.17, 15) is 17.4 Å². The molecule has 3 aromatic carbocycles. The Labute approximate surface area is 215 Å². The maximum Gasteiger partial charge on any atom is 0.295 e. The Morgan fingerprint density at radius 1 is 0.973 bits per heavy atom. The van der Waals surface area contributed by atoms with Crippen molar-refractivity contribution >= 4 is 27.2 Å². The lowest BCUT2D eigenvalue weighted by atomic mass is 10.2. The molecule has 0 saturated carbocycles. The first-order valence-corrected chi connectivity index (χ1v) is 12.6. The van der Waals surface area contributed by atoms with Crippen molar-refractivity contribution in [3.63, 3.8) is 0 Å². The molecule has 0 aliphatic heterocycles. The van der Waals surface area contributed by atoms with Crippen LogP contribution < -0.4 is 15.4 Å². The topological polar surface area (TPSA) is 133 Å². The van der Waals surface area contributed by atoms with E-state index in [1.807, 2.05) is 57.1 Å². The number of hydrogen-bond acceptors (Lipinski definition) is 8. The number of hydrogen-bond donors (Lipinski definition) is 1. The van der Waals surface area contributed by atoms with Crippen molar-refractivity contribution in [2.24, 2.45) is 10.2 Å². The first-order chi connectivity index (χ1) is 17.5. The van der Waals surface area contributed by atoms with Gasteiger partial charge in [-0.3, -0.25) is 5.84 Å². The smallest absolute Gasteiger partial charge is 0.295 e. The first kappa shape index (κ1) is 27.4. The van der Waals surface area contributed by atoms with Crippen LogP contribution in [-0.4, -0.2) is 36.8 Å². The number of aromatic nitrogens is 3. The van der Waals surface area contributed by atoms with Crippen molar-refractivity contribution in [1.29, 1.82) is 0 Å². The zero-order valence-electron chi connectivity index (χ0n) is 20.9. The fourth-order valence-corrected chi connectivity index (χ4v) is 3.67. The first-order valence-electron chi connectivity index (χ1n) is 11.2. The molecule has 0 radical (unpaired) electrons. The Morgan fingerprint density at radius 2 is 1.51 bits per heavy atom. The van der Waals surface area contributed by atoms with Crippen LogP contribution in [0, 0.1) is 19.7 Å². The highest BCUT2D eigenvalue weighted by Gasteiger charge is 2.18. The van der Waals surface area contributed by atoms with Crippen molar-refractivity contribution in [3.8, 4) is 0 Å². The van der Waals surface area contributed by atoms with Gasteiger partial charge in [0.25, 0.3) is 11.6 Å². The fraction of sp³-hybridized carbons (Fsp3) is 0.200. The van der Waals surface area contributed by atoms with Crippen LogP contribution in [0.1, 0.15) is 17.2 Å². The third-order valence-corrected chi connectivity index (χ3v) is 6.24.